The molecule has 0 radical (unpaired) electrons. The Kier molecular flexibility index (Phi) is 25.3. The van der Waals surface area contributed by atoms with Crippen LogP contribution < -0.4 is 0 Å². The molecule has 0 unspecified atom stereocenters. The monoisotopic (exact) mass is 250 g/mol. The molecule has 1 rings (SSSR count). The van der Waals surface area contributed by atoms with Crippen molar-refractivity contribution >= 4 is 23.8 Å². The SMILES string of the molecule is CC.CC.CC.CC=Nc1ccccc1N=CC. The molecular weight excluding hydrogens is 220 g/mol. The number of hydrogen-bond donors (Lipinski definition) is 0. The lowest BCUT2D eigenvalue weighted by molar-refractivity contribution is 1.45. The average Bonchev–Trinajstić information content (AvgIpc) is 2.48. The van der Waals surface area contributed by atoms with Crippen molar-refractivity contribution in [2.75, 3.05) is 0 Å². The minimum Gasteiger partial charge on any atom is -0.259 e. The van der Waals surface area contributed by atoms with Crippen molar-refractivity contribution in [2.45, 2.75) is 55.4 Å². The largest absolute Gasteiger partial charge is 0.259 e. The molecule has 1 aromatic carbocycles. The topological polar surface area (TPSA) is 24.7 Å². The fourth-order valence-corrected chi connectivity index (χ4v) is 0.961. The Labute approximate surface area is 114 Å². The van der Waals surface area contributed by atoms with Gasteiger partial charge in [0, 0.05) is 12.4 Å². The van der Waals surface area contributed by atoms with Crippen molar-refractivity contribution in [3.63, 3.8) is 0 Å². The number of aliphatic imine (C=N–C) groups is 2. The summed E-state index contributed by atoms with van der Waals surface area (Å²) in [5.41, 5.74) is 1.83. The van der Waals surface area contributed by atoms with E-state index in [1.165, 1.54) is 0 Å². The van der Waals surface area contributed by atoms with Crippen LogP contribution in [-0.4, -0.2) is 12.4 Å². The summed E-state index contributed by atoms with van der Waals surface area (Å²) in [6.07, 6.45) is 3.54. The quantitative estimate of drug-likeness (QED) is 0.557. The zero-order valence-electron chi connectivity index (χ0n) is 13.4. The zero-order valence-corrected chi connectivity index (χ0v) is 13.4. The summed E-state index contributed by atoms with van der Waals surface area (Å²) in [5, 5.41) is 0. The minimum atomic E-state index is 0.915. The molecule has 0 spiro atoms. The lowest BCUT2D eigenvalue weighted by Gasteiger charge is -1.97. The molecule has 0 saturated carbocycles. The summed E-state index contributed by atoms with van der Waals surface area (Å²) in [6, 6.07) is 7.80. The van der Waals surface area contributed by atoms with Crippen molar-refractivity contribution in [2.24, 2.45) is 9.98 Å². The zero-order chi connectivity index (χ0) is 14.8. The van der Waals surface area contributed by atoms with Gasteiger partial charge in [-0.3, -0.25) is 9.98 Å². The third-order valence-corrected chi connectivity index (χ3v) is 1.42. The van der Waals surface area contributed by atoms with E-state index < -0.39 is 0 Å². The lowest BCUT2D eigenvalue weighted by atomic mass is 10.3. The van der Waals surface area contributed by atoms with E-state index in [0.29, 0.717) is 0 Å². The van der Waals surface area contributed by atoms with Gasteiger partial charge in [-0.2, -0.15) is 0 Å². The summed E-state index contributed by atoms with van der Waals surface area (Å²) in [7, 11) is 0. The van der Waals surface area contributed by atoms with Gasteiger partial charge in [0.15, 0.2) is 0 Å². The smallest absolute Gasteiger partial charge is 0.0881 e. The predicted molar refractivity (Wildman–Crippen MR) is 88.1 cm³/mol. The van der Waals surface area contributed by atoms with Crippen LogP contribution in [0.1, 0.15) is 55.4 Å². The maximum atomic E-state index is 4.19. The van der Waals surface area contributed by atoms with Crippen molar-refractivity contribution in [1.29, 1.82) is 0 Å². The fraction of sp³-hybridized carbons (Fsp3) is 0.500. The third-order valence-electron chi connectivity index (χ3n) is 1.42. The second-order valence-corrected chi connectivity index (χ2v) is 2.26. The Morgan fingerprint density at radius 3 is 1.17 bits per heavy atom. The molecule has 1 aromatic rings. The standard InChI is InChI=1S/C10H12N2.3C2H6/c1-3-11-9-7-5-6-8-10(9)12-4-2;3*1-2/h3-8H,1-2H3;3*1-2H3. The van der Waals surface area contributed by atoms with Gasteiger partial charge in [0.2, 0.25) is 0 Å². The number of benzene rings is 1. The van der Waals surface area contributed by atoms with Crippen LogP contribution in [0.4, 0.5) is 11.4 Å². The molecule has 0 saturated heterocycles. The molecule has 104 valence electrons. The second-order valence-electron chi connectivity index (χ2n) is 2.26. The molecule has 0 atom stereocenters. The predicted octanol–water partition coefficient (Wildman–Crippen LogP) is 6.21. The molecule has 0 bridgehead atoms. The van der Waals surface area contributed by atoms with Crippen LogP contribution in [0, 0.1) is 0 Å². The van der Waals surface area contributed by atoms with Gasteiger partial charge in [-0.05, 0) is 26.0 Å². The van der Waals surface area contributed by atoms with E-state index in [9.17, 15) is 0 Å². The van der Waals surface area contributed by atoms with Gasteiger partial charge in [0.05, 0.1) is 11.4 Å². The lowest BCUT2D eigenvalue weighted by Crippen LogP contribution is -1.69. The highest BCUT2D eigenvalue weighted by atomic mass is 14.8. The molecule has 2 nitrogen and oxygen atoms in total. The van der Waals surface area contributed by atoms with Gasteiger partial charge in [-0.15, -0.1) is 0 Å². The van der Waals surface area contributed by atoms with Crippen molar-refractivity contribution in [1.82, 2.24) is 0 Å². The van der Waals surface area contributed by atoms with Crippen molar-refractivity contribution < 1.29 is 0 Å². The van der Waals surface area contributed by atoms with E-state index >= 15 is 0 Å². The van der Waals surface area contributed by atoms with Crippen LogP contribution in [0.5, 0.6) is 0 Å². The Hall–Kier alpha value is -1.44. The first-order chi connectivity index (χ1) is 8.88. The highest BCUT2D eigenvalue weighted by Crippen LogP contribution is 2.26. The first-order valence-electron chi connectivity index (χ1n) is 6.95. The first-order valence-corrected chi connectivity index (χ1v) is 6.95. The van der Waals surface area contributed by atoms with Gasteiger partial charge < -0.3 is 0 Å². The highest BCUT2D eigenvalue weighted by molar-refractivity contribution is 5.72. The van der Waals surface area contributed by atoms with E-state index in [-0.39, 0.29) is 0 Å². The van der Waals surface area contributed by atoms with Crippen LogP contribution in [0.2, 0.25) is 0 Å². The van der Waals surface area contributed by atoms with E-state index in [1.54, 1.807) is 12.4 Å². The molecule has 0 fully saturated rings. The summed E-state index contributed by atoms with van der Waals surface area (Å²) in [4.78, 5) is 8.37. The number of nitrogens with zero attached hydrogens (tertiary/aromatic N) is 2. The summed E-state index contributed by atoms with van der Waals surface area (Å²) >= 11 is 0. The molecule has 0 aromatic heterocycles. The average molecular weight is 250 g/mol. The van der Waals surface area contributed by atoms with Gasteiger partial charge in [0.1, 0.15) is 0 Å². The molecule has 0 aliphatic heterocycles. The van der Waals surface area contributed by atoms with Crippen LogP contribution in [-0.2, 0) is 0 Å². The van der Waals surface area contributed by atoms with Gasteiger partial charge in [0.25, 0.3) is 0 Å². The first kappa shape index (κ1) is 21.8. The molecule has 0 N–H and O–H groups in total. The van der Waals surface area contributed by atoms with Crippen LogP contribution in [0.25, 0.3) is 0 Å². The third kappa shape index (κ3) is 11.1. The van der Waals surface area contributed by atoms with Gasteiger partial charge in [-0.1, -0.05) is 53.7 Å². The highest BCUT2D eigenvalue weighted by Gasteiger charge is 1.93. The van der Waals surface area contributed by atoms with E-state index in [1.807, 2.05) is 79.7 Å². The number of hydrogen-bond acceptors (Lipinski definition) is 2. The Morgan fingerprint density at radius 1 is 0.667 bits per heavy atom. The molecule has 2 heteroatoms. The Bertz CT molecular complexity index is 271. The van der Waals surface area contributed by atoms with E-state index in [0.717, 1.165) is 11.4 Å². The van der Waals surface area contributed by atoms with Crippen molar-refractivity contribution in [3.05, 3.63) is 24.3 Å². The second kappa shape index (κ2) is 20.9. The maximum absolute atomic E-state index is 4.19. The van der Waals surface area contributed by atoms with Crippen LogP contribution >= 0.6 is 0 Å². The summed E-state index contributed by atoms with van der Waals surface area (Å²) < 4.78 is 0. The summed E-state index contributed by atoms with van der Waals surface area (Å²) in [5.74, 6) is 0. The number of para-hydroxylation sites is 2. The maximum Gasteiger partial charge on any atom is 0.0881 e. The van der Waals surface area contributed by atoms with Gasteiger partial charge >= 0.3 is 0 Å². The van der Waals surface area contributed by atoms with E-state index in [4.69, 9.17) is 0 Å². The molecule has 0 aliphatic carbocycles. The molecule has 0 aliphatic rings. The fourth-order valence-electron chi connectivity index (χ4n) is 0.961. The van der Waals surface area contributed by atoms with Crippen molar-refractivity contribution in [3.8, 4) is 0 Å². The minimum absolute atomic E-state index is 0.915. The summed E-state index contributed by atoms with van der Waals surface area (Å²) in [6.45, 7) is 15.8. The Balaban J connectivity index is -0.000000328. The number of rotatable bonds is 2. The normalized spacial score (nSPS) is 8.67. The van der Waals surface area contributed by atoms with Crippen LogP contribution in [0.3, 0.4) is 0 Å². The molecule has 0 heterocycles. The van der Waals surface area contributed by atoms with E-state index in [2.05, 4.69) is 9.98 Å². The molecule has 0 amide bonds. The van der Waals surface area contributed by atoms with Crippen LogP contribution in [0.15, 0.2) is 34.3 Å². The molecular formula is C16H30N2. The van der Waals surface area contributed by atoms with Gasteiger partial charge in [-0.25, -0.2) is 0 Å². The Morgan fingerprint density at radius 2 is 0.944 bits per heavy atom. The molecule has 18 heavy (non-hydrogen) atoms.